The zero-order valence-electron chi connectivity index (χ0n) is 10.3. The summed E-state index contributed by atoms with van der Waals surface area (Å²) in [6.07, 6.45) is 4.74. The van der Waals surface area contributed by atoms with Crippen molar-refractivity contribution >= 4 is 12.4 Å². The molecule has 4 heteroatoms. The second kappa shape index (κ2) is 4.28. The van der Waals surface area contributed by atoms with E-state index in [0.29, 0.717) is 6.54 Å². The Kier molecular flexibility index (Phi) is 3.41. The lowest BCUT2D eigenvalue weighted by Gasteiger charge is -2.38. The monoisotopic (exact) mass is 225 g/mol. The van der Waals surface area contributed by atoms with E-state index < -0.39 is 17.2 Å². The Labute approximate surface area is 96.3 Å². The highest BCUT2D eigenvalue weighted by Crippen LogP contribution is 2.22. The molecule has 1 aliphatic heterocycles. The van der Waals surface area contributed by atoms with Crippen LogP contribution in [0.1, 0.15) is 34.1 Å². The summed E-state index contributed by atoms with van der Waals surface area (Å²) in [5.74, 6) is 0. The normalized spacial score (nSPS) is 25.4. The van der Waals surface area contributed by atoms with Crippen LogP contribution < -0.4 is 0 Å². The molecule has 0 saturated carbocycles. The number of hydrogen-bond donors (Lipinski definition) is 0. The molecule has 0 aromatic heterocycles. The molecule has 1 atom stereocenters. The van der Waals surface area contributed by atoms with Gasteiger partial charge >= 0.3 is 6.09 Å². The second-order valence-electron chi connectivity index (χ2n) is 5.17. The van der Waals surface area contributed by atoms with Crippen LogP contribution in [0.15, 0.2) is 12.2 Å². The van der Waals surface area contributed by atoms with Crippen molar-refractivity contribution in [1.82, 2.24) is 4.90 Å². The van der Waals surface area contributed by atoms with Gasteiger partial charge in [0.2, 0.25) is 0 Å². The average molecular weight is 225 g/mol. The molecule has 0 spiro atoms. The minimum absolute atomic E-state index is 0.438. The predicted octanol–water partition coefficient (Wildman–Crippen LogP) is 2.14. The third-order valence-electron chi connectivity index (χ3n) is 2.41. The summed E-state index contributed by atoms with van der Waals surface area (Å²) in [5.41, 5.74) is -1.41. The Morgan fingerprint density at radius 1 is 1.50 bits per heavy atom. The molecule has 1 unspecified atom stereocenters. The Morgan fingerprint density at radius 3 is 2.62 bits per heavy atom. The molecule has 0 N–H and O–H groups in total. The van der Waals surface area contributed by atoms with Crippen molar-refractivity contribution in [2.45, 2.75) is 45.3 Å². The van der Waals surface area contributed by atoms with Crippen LogP contribution in [0.25, 0.3) is 0 Å². The average Bonchev–Trinajstić information content (AvgIpc) is 2.15. The molecular weight excluding hydrogens is 206 g/mol. The molecule has 0 fully saturated rings. The van der Waals surface area contributed by atoms with E-state index in [-0.39, 0.29) is 0 Å². The lowest BCUT2D eigenvalue weighted by atomic mass is 9.97. The topological polar surface area (TPSA) is 46.6 Å². The fraction of sp³-hybridized carbons (Fsp3) is 0.667. The number of amides is 1. The van der Waals surface area contributed by atoms with Crippen molar-refractivity contribution in [3.8, 4) is 0 Å². The standard InChI is InChI=1S/C12H19NO3/c1-11(2,3)16-10(15)13-8-6-5-7-12(13,4)9-14/h5,7,9H,6,8H2,1-4H3. The Hall–Kier alpha value is -1.32. The van der Waals surface area contributed by atoms with Gasteiger partial charge in [-0.15, -0.1) is 0 Å². The van der Waals surface area contributed by atoms with E-state index >= 15 is 0 Å². The molecule has 90 valence electrons. The highest BCUT2D eigenvalue weighted by atomic mass is 16.6. The highest BCUT2D eigenvalue weighted by Gasteiger charge is 2.36. The summed E-state index contributed by atoms with van der Waals surface area (Å²) in [4.78, 5) is 24.4. The van der Waals surface area contributed by atoms with Gasteiger partial charge in [-0.1, -0.05) is 12.2 Å². The zero-order valence-corrected chi connectivity index (χ0v) is 10.3. The van der Waals surface area contributed by atoms with Gasteiger partial charge in [-0.2, -0.15) is 0 Å². The molecule has 1 amide bonds. The van der Waals surface area contributed by atoms with Gasteiger partial charge < -0.3 is 9.53 Å². The largest absolute Gasteiger partial charge is 0.444 e. The van der Waals surface area contributed by atoms with Crippen LogP contribution in [0, 0.1) is 0 Å². The van der Waals surface area contributed by atoms with Crippen molar-refractivity contribution in [1.29, 1.82) is 0 Å². The van der Waals surface area contributed by atoms with Crippen LogP contribution in [0.4, 0.5) is 4.79 Å². The van der Waals surface area contributed by atoms with Crippen molar-refractivity contribution in [2.75, 3.05) is 6.54 Å². The molecule has 4 nitrogen and oxygen atoms in total. The molecule has 0 saturated heterocycles. The minimum Gasteiger partial charge on any atom is -0.444 e. The number of carbonyl (C=O) groups is 2. The smallest absolute Gasteiger partial charge is 0.411 e. The van der Waals surface area contributed by atoms with E-state index in [4.69, 9.17) is 4.74 Å². The SMILES string of the molecule is CC(C)(C)OC(=O)N1CCC=CC1(C)C=O. The molecule has 16 heavy (non-hydrogen) atoms. The molecule has 1 rings (SSSR count). The molecule has 0 bridgehead atoms. The Morgan fingerprint density at radius 2 is 2.12 bits per heavy atom. The number of hydrogen-bond acceptors (Lipinski definition) is 3. The van der Waals surface area contributed by atoms with E-state index in [1.807, 2.05) is 26.8 Å². The van der Waals surface area contributed by atoms with Crippen LogP contribution in [-0.4, -0.2) is 35.0 Å². The first-order valence-electron chi connectivity index (χ1n) is 5.43. The van der Waals surface area contributed by atoms with E-state index in [2.05, 4.69) is 0 Å². The van der Waals surface area contributed by atoms with Crippen molar-refractivity contribution in [2.24, 2.45) is 0 Å². The Balaban J connectivity index is 2.83. The van der Waals surface area contributed by atoms with E-state index in [1.165, 1.54) is 4.90 Å². The number of rotatable bonds is 1. The van der Waals surface area contributed by atoms with Gasteiger partial charge in [-0.3, -0.25) is 4.90 Å². The molecular formula is C12H19NO3. The van der Waals surface area contributed by atoms with Gasteiger partial charge in [0.25, 0.3) is 0 Å². The Bertz CT molecular complexity index is 317. The quantitative estimate of drug-likeness (QED) is 0.507. The molecule has 0 aromatic carbocycles. The molecule has 1 aliphatic rings. The first-order valence-corrected chi connectivity index (χ1v) is 5.43. The summed E-state index contributed by atoms with van der Waals surface area (Å²) in [7, 11) is 0. The molecule has 0 aromatic rings. The zero-order chi connectivity index (χ0) is 12.4. The van der Waals surface area contributed by atoms with E-state index in [0.717, 1.165) is 12.7 Å². The lowest BCUT2D eigenvalue weighted by Crippen LogP contribution is -2.53. The van der Waals surface area contributed by atoms with Crippen molar-refractivity contribution in [3.05, 3.63) is 12.2 Å². The second-order valence-corrected chi connectivity index (χ2v) is 5.17. The predicted molar refractivity (Wildman–Crippen MR) is 61.2 cm³/mol. The van der Waals surface area contributed by atoms with Crippen LogP contribution in [0.2, 0.25) is 0 Å². The lowest BCUT2D eigenvalue weighted by molar-refractivity contribution is -0.115. The summed E-state index contributed by atoms with van der Waals surface area (Å²) >= 11 is 0. The van der Waals surface area contributed by atoms with Crippen molar-refractivity contribution in [3.63, 3.8) is 0 Å². The fourth-order valence-corrected chi connectivity index (χ4v) is 1.56. The maximum Gasteiger partial charge on any atom is 0.411 e. The van der Waals surface area contributed by atoms with Gasteiger partial charge in [0.05, 0.1) is 0 Å². The summed E-state index contributed by atoms with van der Waals surface area (Å²) < 4.78 is 5.27. The number of nitrogens with zero attached hydrogens (tertiary/aromatic N) is 1. The molecule has 1 heterocycles. The summed E-state index contributed by atoms with van der Waals surface area (Å²) in [6.45, 7) is 7.65. The van der Waals surface area contributed by atoms with Crippen LogP contribution in [0.5, 0.6) is 0 Å². The van der Waals surface area contributed by atoms with Gasteiger partial charge in [0, 0.05) is 6.54 Å². The highest BCUT2D eigenvalue weighted by molar-refractivity contribution is 5.79. The summed E-state index contributed by atoms with van der Waals surface area (Å²) in [6, 6.07) is 0. The van der Waals surface area contributed by atoms with Crippen LogP contribution in [0.3, 0.4) is 0 Å². The third kappa shape index (κ3) is 2.84. The fourth-order valence-electron chi connectivity index (χ4n) is 1.56. The van der Waals surface area contributed by atoms with E-state index in [9.17, 15) is 9.59 Å². The molecule has 0 aliphatic carbocycles. The van der Waals surface area contributed by atoms with Crippen LogP contribution in [-0.2, 0) is 9.53 Å². The maximum absolute atomic E-state index is 11.9. The van der Waals surface area contributed by atoms with Gasteiger partial charge in [-0.05, 0) is 34.1 Å². The van der Waals surface area contributed by atoms with Gasteiger partial charge in [-0.25, -0.2) is 4.79 Å². The van der Waals surface area contributed by atoms with Gasteiger partial charge in [0.1, 0.15) is 17.4 Å². The maximum atomic E-state index is 11.9. The molecule has 0 radical (unpaired) electrons. The number of aldehydes is 1. The van der Waals surface area contributed by atoms with Crippen molar-refractivity contribution < 1.29 is 14.3 Å². The number of carbonyl (C=O) groups excluding carboxylic acids is 2. The third-order valence-corrected chi connectivity index (χ3v) is 2.41. The minimum atomic E-state index is -0.874. The van der Waals surface area contributed by atoms with E-state index in [1.54, 1.807) is 13.0 Å². The first-order chi connectivity index (χ1) is 7.28. The first kappa shape index (κ1) is 12.7. The number of ether oxygens (including phenoxy) is 1. The summed E-state index contributed by atoms with van der Waals surface area (Å²) in [5, 5.41) is 0. The van der Waals surface area contributed by atoms with Gasteiger partial charge in [0.15, 0.2) is 0 Å². The van der Waals surface area contributed by atoms with Crippen LogP contribution >= 0.6 is 0 Å².